The van der Waals surface area contributed by atoms with Crippen molar-refractivity contribution >= 4 is 23.4 Å². The number of ether oxygens (including phenoxy) is 1. The summed E-state index contributed by atoms with van der Waals surface area (Å²) in [6.07, 6.45) is 0.608. The molecule has 1 aliphatic heterocycles. The second-order valence-corrected chi connectivity index (χ2v) is 9.71. The van der Waals surface area contributed by atoms with Gasteiger partial charge in [-0.2, -0.15) is 4.98 Å². The Labute approximate surface area is 207 Å². The van der Waals surface area contributed by atoms with Crippen molar-refractivity contribution in [3.63, 3.8) is 0 Å². The first-order chi connectivity index (χ1) is 16.8. The molecule has 1 amide bonds. The van der Waals surface area contributed by atoms with E-state index in [9.17, 15) is 9.18 Å². The fraction of sp³-hybridized carbons (Fsp3) is 0.179. The molecule has 4 aromatic rings. The third-order valence-electron chi connectivity index (χ3n) is 5.67. The fourth-order valence-corrected chi connectivity index (χ4v) is 4.97. The van der Waals surface area contributed by atoms with Crippen molar-refractivity contribution in [3.8, 4) is 23.0 Å². The molecule has 1 aromatic heterocycles. The summed E-state index contributed by atoms with van der Waals surface area (Å²) in [5.74, 6) is 1.38. The summed E-state index contributed by atoms with van der Waals surface area (Å²) in [6, 6.07) is 18.0. The summed E-state index contributed by atoms with van der Waals surface area (Å²) in [5.41, 5.74) is 6.67. The van der Waals surface area contributed by atoms with E-state index in [-0.39, 0.29) is 17.5 Å². The number of aryl methyl sites for hydroxylation is 3. The summed E-state index contributed by atoms with van der Waals surface area (Å²) in [7, 11) is 0. The van der Waals surface area contributed by atoms with Gasteiger partial charge in [-0.15, -0.1) is 0 Å². The summed E-state index contributed by atoms with van der Waals surface area (Å²) < 4.78 is 19.6. The number of fused-ring (bicyclic) bond motifs is 2. The molecule has 1 N–H and O–H groups in total. The van der Waals surface area contributed by atoms with Gasteiger partial charge in [-0.25, -0.2) is 9.37 Å². The molecule has 0 saturated heterocycles. The number of nitrogens with one attached hydrogen (secondary N) is 1. The van der Waals surface area contributed by atoms with Gasteiger partial charge < -0.3 is 10.1 Å². The highest BCUT2D eigenvalue weighted by Gasteiger charge is 2.25. The molecule has 7 heteroatoms. The summed E-state index contributed by atoms with van der Waals surface area (Å²) in [5, 5.41) is 3.65. The Morgan fingerprint density at radius 3 is 2.46 bits per heavy atom. The number of halogens is 1. The van der Waals surface area contributed by atoms with Gasteiger partial charge in [-0.1, -0.05) is 35.5 Å². The van der Waals surface area contributed by atoms with Crippen LogP contribution >= 0.6 is 11.8 Å². The maximum absolute atomic E-state index is 13.5. The summed E-state index contributed by atoms with van der Waals surface area (Å²) >= 11 is 1.34. The minimum absolute atomic E-state index is 0.122. The first-order valence-corrected chi connectivity index (χ1v) is 12.3. The van der Waals surface area contributed by atoms with Crippen LogP contribution in [0.3, 0.4) is 0 Å². The van der Waals surface area contributed by atoms with Gasteiger partial charge in [0.15, 0.2) is 5.82 Å². The van der Waals surface area contributed by atoms with Gasteiger partial charge in [0.25, 0.3) is 0 Å². The maximum atomic E-state index is 13.5. The van der Waals surface area contributed by atoms with E-state index >= 15 is 0 Å². The highest BCUT2D eigenvalue weighted by molar-refractivity contribution is 8.00. The van der Waals surface area contributed by atoms with Crippen LogP contribution in [0.1, 0.15) is 27.8 Å². The van der Waals surface area contributed by atoms with E-state index in [1.165, 1.54) is 23.9 Å². The minimum Gasteiger partial charge on any atom is -0.438 e. The van der Waals surface area contributed by atoms with Crippen molar-refractivity contribution in [2.45, 2.75) is 32.2 Å². The van der Waals surface area contributed by atoms with E-state index in [0.29, 0.717) is 28.7 Å². The lowest BCUT2D eigenvalue weighted by Gasteiger charge is -2.22. The van der Waals surface area contributed by atoms with Gasteiger partial charge in [-0.05, 0) is 79.9 Å². The SMILES string of the molecule is Cc1cc(C)cc(NC(=O)CSc2nc(-c3ccc(F)cc3)nc3c2Cc2cc(C)ccc2O3)c1. The molecule has 2 heterocycles. The maximum Gasteiger partial charge on any atom is 0.234 e. The molecule has 0 spiro atoms. The smallest absolute Gasteiger partial charge is 0.234 e. The number of amides is 1. The van der Waals surface area contributed by atoms with E-state index in [1.807, 2.05) is 45.0 Å². The van der Waals surface area contributed by atoms with Crippen molar-refractivity contribution in [1.82, 2.24) is 9.97 Å². The molecular formula is C28H24FN3O2S. The largest absolute Gasteiger partial charge is 0.438 e. The van der Waals surface area contributed by atoms with Crippen LogP contribution in [-0.2, 0) is 11.2 Å². The summed E-state index contributed by atoms with van der Waals surface area (Å²) in [6.45, 7) is 6.04. The van der Waals surface area contributed by atoms with Gasteiger partial charge in [0, 0.05) is 17.7 Å². The lowest BCUT2D eigenvalue weighted by atomic mass is 10.0. The number of hydrogen-bond donors (Lipinski definition) is 1. The molecular weight excluding hydrogens is 461 g/mol. The van der Waals surface area contributed by atoms with Crippen LogP contribution in [0.5, 0.6) is 11.6 Å². The normalized spacial score (nSPS) is 11.9. The molecule has 5 rings (SSSR count). The third kappa shape index (κ3) is 5.20. The first-order valence-electron chi connectivity index (χ1n) is 11.3. The lowest BCUT2D eigenvalue weighted by molar-refractivity contribution is -0.113. The van der Waals surface area contributed by atoms with Gasteiger partial charge in [0.1, 0.15) is 16.6 Å². The number of thioether (sulfide) groups is 1. The Bertz CT molecular complexity index is 1420. The Morgan fingerprint density at radius 2 is 1.71 bits per heavy atom. The minimum atomic E-state index is -0.329. The first kappa shape index (κ1) is 23.1. The van der Waals surface area contributed by atoms with Gasteiger partial charge in [0.2, 0.25) is 11.8 Å². The number of carbonyl (C=O) groups excluding carboxylic acids is 1. The summed E-state index contributed by atoms with van der Waals surface area (Å²) in [4.78, 5) is 22.2. The van der Waals surface area contributed by atoms with Gasteiger partial charge in [0.05, 0.1) is 11.3 Å². The standard InChI is InChI=1S/C28H24FN3O2S/c1-16-4-9-24-20(11-16)14-23-27(34-24)31-26(19-5-7-21(29)8-6-19)32-28(23)35-15-25(33)30-22-12-17(2)10-18(3)13-22/h4-13H,14-15H2,1-3H3,(H,30,33). The molecule has 35 heavy (non-hydrogen) atoms. The predicted octanol–water partition coefficient (Wildman–Crippen LogP) is 6.64. The molecule has 176 valence electrons. The number of aromatic nitrogens is 2. The van der Waals surface area contributed by atoms with Crippen LogP contribution in [0.25, 0.3) is 11.4 Å². The van der Waals surface area contributed by atoms with Crippen molar-refractivity contribution in [2.75, 3.05) is 11.1 Å². The average molecular weight is 486 g/mol. The van der Waals surface area contributed by atoms with Gasteiger partial charge in [-0.3, -0.25) is 4.79 Å². The number of anilines is 1. The molecule has 0 fully saturated rings. The lowest BCUT2D eigenvalue weighted by Crippen LogP contribution is -2.15. The highest BCUT2D eigenvalue weighted by atomic mass is 32.2. The number of benzene rings is 3. The van der Waals surface area contributed by atoms with Crippen LogP contribution in [0.15, 0.2) is 65.7 Å². The second kappa shape index (κ2) is 9.50. The van der Waals surface area contributed by atoms with Crippen LogP contribution in [0.2, 0.25) is 0 Å². The zero-order valence-electron chi connectivity index (χ0n) is 19.7. The third-order valence-corrected chi connectivity index (χ3v) is 6.69. The van der Waals surface area contributed by atoms with E-state index in [0.717, 1.165) is 39.3 Å². The van der Waals surface area contributed by atoms with Crippen molar-refractivity contribution < 1.29 is 13.9 Å². The molecule has 0 radical (unpaired) electrons. The molecule has 0 atom stereocenters. The van der Waals surface area contributed by atoms with Gasteiger partial charge >= 0.3 is 0 Å². The molecule has 0 bridgehead atoms. The molecule has 0 unspecified atom stereocenters. The Hall–Kier alpha value is -3.71. The topological polar surface area (TPSA) is 64.1 Å². The molecule has 3 aromatic carbocycles. The quantitative estimate of drug-likeness (QED) is 0.223. The average Bonchev–Trinajstić information content (AvgIpc) is 2.81. The molecule has 5 nitrogen and oxygen atoms in total. The predicted molar refractivity (Wildman–Crippen MR) is 137 cm³/mol. The van der Waals surface area contributed by atoms with E-state index in [4.69, 9.17) is 9.72 Å². The van der Waals surface area contributed by atoms with Crippen LogP contribution in [0, 0.1) is 26.6 Å². The number of hydrogen-bond acceptors (Lipinski definition) is 5. The number of rotatable bonds is 5. The number of nitrogens with zero attached hydrogens (tertiary/aromatic N) is 2. The Balaban J connectivity index is 1.44. The van der Waals surface area contributed by atoms with E-state index in [2.05, 4.69) is 22.4 Å². The van der Waals surface area contributed by atoms with Crippen molar-refractivity contribution in [1.29, 1.82) is 0 Å². The van der Waals surface area contributed by atoms with E-state index in [1.54, 1.807) is 12.1 Å². The number of carbonyl (C=O) groups is 1. The zero-order valence-corrected chi connectivity index (χ0v) is 20.5. The van der Waals surface area contributed by atoms with Crippen LogP contribution in [-0.4, -0.2) is 21.6 Å². The molecule has 0 aliphatic carbocycles. The van der Waals surface area contributed by atoms with Crippen molar-refractivity contribution in [3.05, 3.63) is 94.3 Å². The molecule has 0 saturated carbocycles. The van der Waals surface area contributed by atoms with Crippen molar-refractivity contribution in [2.24, 2.45) is 0 Å². The van der Waals surface area contributed by atoms with Crippen LogP contribution < -0.4 is 10.1 Å². The Morgan fingerprint density at radius 1 is 0.971 bits per heavy atom. The molecule has 1 aliphatic rings. The van der Waals surface area contributed by atoms with Crippen LogP contribution in [0.4, 0.5) is 10.1 Å². The monoisotopic (exact) mass is 485 g/mol. The zero-order chi connectivity index (χ0) is 24.5. The Kier molecular flexibility index (Phi) is 6.26. The second-order valence-electron chi connectivity index (χ2n) is 8.75. The highest BCUT2D eigenvalue weighted by Crippen LogP contribution is 2.40. The fourth-order valence-electron chi connectivity index (χ4n) is 4.15. The van der Waals surface area contributed by atoms with E-state index < -0.39 is 0 Å².